The smallest absolute Gasteiger partial charge is 0.208 e. The van der Waals surface area contributed by atoms with Crippen LogP contribution in [-0.4, -0.2) is 163 Å². The first-order valence-electron chi connectivity index (χ1n) is 20.5. The summed E-state index contributed by atoms with van der Waals surface area (Å²) in [6, 6.07) is 0. The van der Waals surface area contributed by atoms with Gasteiger partial charge in [-0.2, -0.15) is 0 Å². The van der Waals surface area contributed by atoms with E-state index in [1.54, 1.807) is 0 Å². The lowest BCUT2D eigenvalue weighted by Crippen LogP contribution is -2.02. The van der Waals surface area contributed by atoms with Crippen molar-refractivity contribution in [3.05, 3.63) is 0 Å². The normalized spacial score (nSPS) is 11.5. The van der Waals surface area contributed by atoms with Crippen molar-refractivity contribution in [1.29, 1.82) is 0 Å². The fourth-order valence-electron chi connectivity index (χ4n) is 8.36. The number of aromatic hydroxyl groups is 29. The Labute approximate surface area is 427 Å². The van der Waals surface area contributed by atoms with E-state index in [-0.39, 0.29) is 11.3 Å². The average molecular weight is 1110 g/mol. The van der Waals surface area contributed by atoms with Gasteiger partial charge in [0.15, 0.2) is 109 Å². The van der Waals surface area contributed by atoms with Gasteiger partial charge in [-0.15, -0.1) is 11.3 Å². The maximum absolute atomic E-state index is 12.2. The Balaban J connectivity index is 1.41. The zero-order valence-electron chi connectivity index (χ0n) is 37.2. The van der Waals surface area contributed by atoms with Crippen LogP contribution < -0.4 is 0 Å². The first kappa shape index (κ1) is 50.9. The Bertz CT molecular complexity index is 4070. The molecule has 0 bridgehead atoms. The van der Waals surface area contributed by atoms with Crippen LogP contribution in [0, 0.1) is 0 Å². The van der Waals surface area contributed by atoms with Crippen LogP contribution in [0.15, 0.2) is 0 Å². The van der Waals surface area contributed by atoms with E-state index in [0.29, 0.717) is 0 Å². The zero-order valence-corrected chi connectivity index (χ0v) is 38.0. The zero-order chi connectivity index (χ0) is 57.8. The van der Waals surface area contributed by atoms with Crippen LogP contribution in [0.4, 0.5) is 0 Å². The summed E-state index contributed by atoms with van der Waals surface area (Å²) >= 11 is -0.0145. The SMILES string of the molecule is Oc1c(O)c(O)c(-c2nc(-c3c(O)c(O)c(O)c(O)c3O)nc(-c3c(O)c(O)c(O)c(-c4c(O)c(O)c(O)c5c4sc4c(-c6c(O)c(O)c(-c7c(O)c(O)c(O)c(O)c7O)c(O)c6O)c(O)c(O)c(O)c45)c3O)n2)c(O)c1O. The lowest BCUT2D eigenvalue weighted by atomic mass is 9.91. The van der Waals surface area contributed by atoms with E-state index in [9.17, 15) is 148 Å². The van der Waals surface area contributed by atoms with Crippen molar-refractivity contribution in [1.82, 2.24) is 15.0 Å². The predicted octanol–water partition coefficient (Wildman–Crippen LogP) is 3.70. The Hall–Kier alpha value is -12.0. The van der Waals surface area contributed by atoms with Crippen molar-refractivity contribution in [3.63, 3.8) is 0 Å². The van der Waals surface area contributed by atoms with Crippen molar-refractivity contribution in [2.75, 3.05) is 0 Å². The molecule has 0 amide bonds. The lowest BCUT2D eigenvalue weighted by Gasteiger charge is -2.19. The van der Waals surface area contributed by atoms with E-state index < -0.39 is 254 Å². The second-order valence-electron chi connectivity index (χ2n) is 16.3. The molecular weight excluding hydrogens is 1080 g/mol. The molecule has 0 atom stereocenters. The van der Waals surface area contributed by atoms with Gasteiger partial charge in [-0.1, -0.05) is 0 Å². The molecule has 9 aromatic rings. The van der Waals surface area contributed by atoms with Crippen molar-refractivity contribution in [2.24, 2.45) is 0 Å². The predicted molar refractivity (Wildman–Crippen MR) is 254 cm³/mol. The molecule has 0 saturated carbocycles. The van der Waals surface area contributed by atoms with Crippen molar-refractivity contribution in [3.8, 4) is 234 Å². The van der Waals surface area contributed by atoms with E-state index >= 15 is 0 Å². The van der Waals surface area contributed by atoms with Crippen LogP contribution in [0.25, 0.3) is 87.7 Å². The summed E-state index contributed by atoms with van der Waals surface area (Å²) in [5.41, 5.74) is -12.2. The molecule has 0 fully saturated rings. The van der Waals surface area contributed by atoms with E-state index in [2.05, 4.69) is 15.0 Å². The maximum atomic E-state index is 12.2. The van der Waals surface area contributed by atoms with E-state index in [1.807, 2.05) is 0 Å². The molecule has 7 aromatic carbocycles. The molecule has 32 nitrogen and oxygen atoms in total. The minimum absolute atomic E-state index is 0.0145. The number of hydrogen-bond donors (Lipinski definition) is 29. The third-order valence-electron chi connectivity index (χ3n) is 12.2. The van der Waals surface area contributed by atoms with Crippen LogP contribution >= 0.6 is 11.3 Å². The number of benzene rings is 7. The average Bonchev–Trinajstić information content (AvgIpc) is 3.83. The molecular formula is C45H29N3O29S. The lowest BCUT2D eigenvalue weighted by molar-refractivity contribution is 0.329. The molecule has 33 heteroatoms. The van der Waals surface area contributed by atoms with Gasteiger partial charge in [0.1, 0.15) is 22.4 Å². The molecule has 0 unspecified atom stereocenters. The number of nitrogens with zero attached hydrogens (tertiary/aromatic N) is 3. The number of hydrogen-bond acceptors (Lipinski definition) is 33. The summed E-state index contributed by atoms with van der Waals surface area (Å²) in [5, 5.41) is 314. The van der Waals surface area contributed by atoms with Crippen LogP contribution in [0.3, 0.4) is 0 Å². The number of fused-ring (bicyclic) bond motifs is 3. The summed E-state index contributed by atoms with van der Waals surface area (Å²) in [6.07, 6.45) is 0. The molecule has 0 aliphatic rings. The molecule has 78 heavy (non-hydrogen) atoms. The minimum Gasteiger partial charge on any atom is -0.506 e. The monoisotopic (exact) mass is 1110 g/mol. The molecule has 404 valence electrons. The molecule has 0 radical (unpaired) electrons. The number of rotatable bonds is 6. The maximum Gasteiger partial charge on any atom is 0.208 e. The van der Waals surface area contributed by atoms with Crippen molar-refractivity contribution >= 4 is 31.5 Å². The summed E-state index contributed by atoms with van der Waals surface area (Å²) in [4.78, 5) is 11.3. The topological polar surface area (TPSA) is 625 Å². The molecule has 2 heterocycles. The van der Waals surface area contributed by atoms with E-state index in [0.717, 1.165) is 0 Å². The number of aromatic nitrogens is 3. The molecule has 0 aliphatic heterocycles. The quantitative estimate of drug-likeness (QED) is 0.0833. The summed E-state index contributed by atoms with van der Waals surface area (Å²) < 4.78 is -1.81. The fourth-order valence-corrected chi connectivity index (χ4v) is 9.77. The van der Waals surface area contributed by atoms with Gasteiger partial charge in [0.2, 0.25) is 69.0 Å². The van der Waals surface area contributed by atoms with Crippen LogP contribution in [0.1, 0.15) is 0 Å². The van der Waals surface area contributed by atoms with Gasteiger partial charge in [0.25, 0.3) is 0 Å². The third-order valence-corrected chi connectivity index (χ3v) is 13.4. The van der Waals surface area contributed by atoms with Gasteiger partial charge >= 0.3 is 0 Å². The molecule has 0 spiro atoms. The number of phenolic OH excluding ortho intramolecular Hbond substituents is 29. The van der Waals surface area contributed by atoms with Crippen LogP contribution in [0.5, 0.6) is 167 Å². The van der Waals surface area contributed by atoms with Crippen molar-refractivity contribution < 1.29 is 148 Å². The Morgan fingerprint density at radius 3 is 0.577 bits per heavy atom. The molecule has 2 aromatic heterocycles. The third kappa shape index (κ3) is 6.34. The Morgan fingerprint density at radius 1 is 0.154 bits per heavy atom. The van der Waals surface area contributed by atoms with Gasteiger partial charge in [0.05, 0.1) is 53.6 Å². The largest absolute Gasteiger partial charge is 0.506 e. The van der Waals surface area contributed by atoms with Crippen molar-refractivity contribution in [2.45, 2.75) is 0 Å². The van der Waals surface area contributed by atoms with Crippen LogP contribution in [-0.2, 0) is 0 Å². The highest BCUT2D eigenvalue weighted by atomic mass is 32.1. The number of thiophene rings is 1. The first-order valence-corrected chi connectivity index (χ1v) is 21.3. The molecule has 0 aliphatic carbocycles. The van der Waals surface area contributed by atoms with E-state index in [1.165, 1.54) is 0 Å². The number of phenols is 29. The summed E-state index contributed by atoms with van der Waals surface area (Å²) in [5.74, 6) is -51.5. The second-order valence-corrected chi connectivity index (χ2v) is 17.3. The van der Waals surface area contributed by atoms with Gasteiger partial charge in [-0.3, -0.25) is 0 Å². The van der Waals surface area contributed by atoms with Gasteiger partial charge < -0.3 is 148 Å². The summed E-state index contributed by atoms with van der Waals surface area (Å²) in [7, 11) is 0. The highest BCUT2D eigenvalue weighted by molar-refractivity contribution is 7.27. The highest BCUT2D eigenvalue weighted by Crippen LogP contribution is 2.68. The van der Waals surface area contributed by atoms with Gasteiger partial charge in [0, 0.05) is 0 Å². The minimum atomic E-state index is -1.79. The summed E-state index contributed by atoms with van der Waals surface area (Å²) in [6.45, 7) is 0. The molecule has 9 rings (SSSR count). The van der Waals surface area contributed by atoms with Gasteiger partial charge in [-0.25, -0.2) is 15.0 Å². The molecule has 29 N–H and O–H groups in total. The second kappa shape index (κ2) is 16.5. The Morgan fingerprint density at radius 2 is 0.308 bits per heavy atom. The van der Waals surface area contributed by atoms with Gasteiger partial charge in [-0.05, 0) is 0 Å². The first-order chi connectivity index (χ1) is 36.3. The van der Waals surface area contributed by atoms with E-state index in [4.69, 9.17) is 0 Å². The highest BCUT2D eigenvalue weighted by Gasteiger charge is 2.40. The fraction of sp³-hybridized carbons (Fsp3) is 0. The Kier molecular flexibility index (Phi) is 10.8. The molecule has 0 saturated heterocycles. The van der Waals surface area contributed by atoms with Crippen LogP contribution in [0.2, 0.25) is 0 Å². The standard InChI is InChI=1S/C45H29N3O29S/c49-12-3(19(56)29(66)24(61)9(12)43-46-44(10-25(62)34(71)39(76)35(72)26(10)63)48-45(47-43)11-27(64)36(73)40(77)37(74)28(11)65)5-20(57)30(67)22(59)7-8-23(60)31(68)21(58)6(42(8)78-41(5)7)4-15(52)13(50)1(14(51)16(4)53)2-17(54)32(69)38(75)33(70)18(2)55/h49-77H.